The van der Waals surface area contributed by atoms with E-state index in [4.69, 9.17) is 4.42 Å². The molecule has 4 aromatic carbocycles. The summed E-state index contributed by atoms with van der Waals surface area (Å²) >= 11 is 0. The van der Waals surface area contributed by atoms with E-state index in [-0.39, 0.29) is 5.41 Å². The molecule has 8 rings (SSSR count). The molecule has 0 unspecified atom stereocenters. The molecule has 0 fully saturated rings. The number of rotatable bonds is 0. The quantitative estimate of drug-likeness (QED) is 0.253. The van der Waals surface area contributed by atoms with E-state index in [1.54, 1.807) is 0 Å². The van der Waals surface area contributed by atoms with Crippen LogP contribution in [0.5, 0.6) is 0 Å². The van der Waals surface area contributed by atoms with E-state index in [9.17, 15) is 0 Å². The summed E-state index contributed by atoms with van der Waals surface area (Å²) in [6.45, 7) is 0. The fraction of sp³-hybridized carbons (Fsp3) is 0.0968. The summed E-state index contributed by atoms with van der Waals surface area (Å²) in [4.78, 5) is 0. The summed E-state index contributed by atoms with van der Waals surface area (Å²) in [5.74, 6) is 0. The lowest BCUT2D eigenvalue weighted by molar-refractivity contribution is 0.651. The van der Waals surface area contributed by atoms with Crippen molar-refractivity contribution in [1.82, 2.24) is 0 Å². The van der Waals surface area contributed by atoms with Gasteiger partial charge in [0.1, 0.15) is 11.2 Å². The highest BCUT2D eigenvalue weighted by Crippen LogP contribution is 2.65. The Kier molecular flexibility index (Phi) is 2.99. The Bertz CT molecular complexity index is 1630. The minimum absolute atomic E-state index is 0.317. The van der Waals surface area contributed by atoms with Crippen LogP contribution in [0, 0.1) is 0 Å². The van der Waals surface area contributed by atoms with Crippen LogP contribution in [0.15, 0.2) is 107 Å². The van der Waals surface area contributed by atoms with Crippen LogP contribution < -0.4 is 0 Å². The smallest absolute Gasteiger partial charge is 0.140 e. The number of furan rings is 1. The summed E-state index contributed by atoms with van der Waals surface area (Å²) in [6.07, 6.45) is 7.11. The number of para-hydroxylation sites is 1. The molecule has 0 amide bonds. The van der Waals surface area contributed by atoms with Crippen LogP contribution in [-0.4, -0.2) is 0 Å². The van der Waals surface area contributed by atoms with Gasteiger partial charge in [0.25, 0.3) is 0 Å². The van der Waals surface area contributed by atoms with Crippen molar-refractivity contribution in [3.05, 3.63) is 125 Å². The lowest BCUT2D eigenvalue weighted by Crippen LogP contribution is -2.26. The first kappa shape index (κ1) is 16.8. The zero-order valence-electron chi connectivity index (χ0n) is 17.6. The van der Waals surface area contributed by atoms with Crippen LogP contribution >= 0.6 is 0 Å². The molecule has 1 heterocycles. The lowest BCUT2D eigenvalue weighted by Gasteiger charge is -2.31. The van der Waals surface area contributed by atoms with Gasteiger partial charge in [-0.2, -0.15) is 0 Å². The Morgan fingerprint density at radius 1 is 0.594 bits per heavy atom. The maximum absolute atomic E-state index is 6.66. The average molecular weight is 409 g/mol. The first-order valence-electron chi connectivity index (χ1n) is 11.4. The first-order valence-corrected chi connectivity index (χ1v) is 11.4. The average Bonchev–Trinajstić information content (AvgIpc) is 3.48. The second-order valence-electron chi connectivity index (χ2n) is 9.12. The molecule has 1 spiro atoms. The first-order chi connectivity index (χ1) is 15.9. The molecule has 150 valence electrons. The van der Waals surface area contributed by atoms with Crippen molar-refractivity contribution in [2.45, 2.75) is 18.3 Å². The Morgan fingerprint density at radius 2 is 1.28 bits per heavy atom. The summed E-state index contributed by atoms with van der Waals surface area (Å²) in [6, 6.07) is 31.0. The van der Waals surface area contributed by atoms with E-state index < -0.39 is 0 Å². The number of fused-ring (bicyclic) bond motifs is 14. The van der Waals surface area contributed by atoms with Crippen molar-refractivity contribution in [3.63, 3.8) is 0 Å². The highest BCUT2D eigenvalue weighted by molar-refractivity contribution is 6.12. The van der Waals surface area contributed by atoms with Gasteiger partial charge in [0, 0.05) is 16.3 Å². The van der Waals surface area contributed by atoms with Gasteiger partial charge >= 0.3 is 0 Å². The van der Waals surface area contributed by atoms with Crippen LogP contribution in [0.25, 0.3) is 38.6 Å². The maximum Gasteiger partial charge on any atom is 0.140 e. The summed E-state index contributed by atoms with van der Waals surface area (Å²) in [7, 11) is 0. The Hall–Kier alpha value is -3.84. The number of benzene rings is 4. The minimum Gasteiger partial charge on any atom is -0.456 e. The fourth-order valence-electron chi connectivity index (χ4n) is 6.60. The van der Waals surface area contributed by atoms with Gasteiger partial charge in [0.15, 0.2) is 0 Å². The van der Waals surface area contributed by atoms with E-state index in [2.05, 4.69) is 97.1 Å². The molecule has 0 saturated carbocycles. The standard InChI is InChI=1S/C31H20O/c1-5-13-25-19(9-1)20-10-2-6-14-26(20)31(25)27-15-7-3-11-21(27)23-17-18-24-22-12-4-8-16-28(22)32-30(24)29(23)31/h1-2,4-6,8-18H,3,7H2. The van der Waals surface area contributed by atoms with Gasteiger partial charge in [-0.1, -0.05) is 84.9 Å². The monoisotopic (exact) mass is 408 g/mol. The summed E-state index contributed by atoms with van der Waals surface area (Å²) in [5.41, 5.74) is 12.6. The van der Waals surface area contributed by atoms with Crippen molar-refractivity contribution < 1.29 is 4.42 Å². The molecule has 0 saturated heterocycles. The minimum atomic E-state index is -0.317. The van der Waals surface area contributed by atoms with Crippen molar-refractivity contribution in [2.24, 2.45) is 0 Å². The van der Waals surface area contributed by atoms with Crippen LogP contribution in [0.3, 0.4) is 0 Å². The summed E-state index contributed by atoms with van der Waals surface area (Å²) < 4.78 is 6.66. The molecule has 5 aromatic rings. The molecule has 32 heavy (non-hydrogen) atoms. The Morgan fingerprint density at radius 3 is 2.09 bits per heavy atom. The van der Waals surface area contributed by atoms with Crippen LogP contribution in [0.4, 0.5) is 0 Å². The van der Waals surface area contributed by atoms with E-state index in [0.29, 0.717) is 0 Å². The van der Waals surface area contributed by atoms with Gasteiger partial charge in [-0.25, -0.2) is 0 Å². The molecule has 3 aliphatic rings. The maximum atomic E-state index is 6.66. The Balaban J connectivity index is 1.64. The molecule has 0 N–H and O–H groups in total. The molecule has 1 aromatic heterocycles. The van der Waals surface area contributed by atoms with Crippen molar-refractivity contribution in [3.8, 4) is 11.1 Å². The molecule has 0 radical (unpaired) electrons. The lowest BCUT2D eigenvalue weighted by atomic mass is 9.69. The van der Waals surface area contributed by atoms with Crippen LogP contribution in [-0.2, 0) is 5.41 Å². The molecule has 0 bridgehead atoms. The second-order valence-corrected chi connectivity index (χ2v) is 9.12. The van der Waals surface area contributed by atoms with Gasteiger partial charge in [-0.3, -0.25) is 0 Å². The van der Waals surface area contributed by atoms with Crippen molar-refractivity contribution >= 4 is 27.5 Å². The normalized spacial score (nSPS) is 17.1. The largest absolute Gasteiger partial charge is 0.456 e. The van der Waals surface area contributed by atoms with Gasteiger partial charge in [-0.05, 0) is 63.9 Å². The zero-order chi connectivity index (χ0) is 20.9. The third-order valence-electron chi connectivity index (χ3n) is 7.72. The van der Waals surface area contributed by atoms with Crippen molar-refractivity contribution in [2.75, 3.05) is 0 Å². The van der Waals surface area contributed by atoms with E-state index in [1.807, 2.05) is 0 Å². The second kappa shape index (κ2) is 5.69. The van der Waals surface area contributed by atoms with Gasteiger partial charge in [0.05, 0.1) is 5.41 Å². The third-order valence-corrected chi connectivity index (χ3v) is 7.72. The predicted octanol–water partition coefficient (Wildman–Crippen LogP) is 8.02. The van der Waals surface area contributed by atoms with E-state index in [0.717, 1.165) is 24.0 Å². The summed E-state index contributed by atoms with van der Waals surface area (Å²) in [5, 5.41) is 2.40. The highest BCUT2D eigenvalue weighted by atomic mass is 16.3. The van der Waals surface area contributed by atoms with Crippen molar-refractivity contribution in [1.29, 1.82) is 0 Å². The number of allylic oxidation sites excluding steroid dienone is 4. The number of hydrogen-bond acceptors (Lipinski definition) is 1. The molecule has 3 aliphatic carbocycles. The van der Waals surface area contributed by atoms with Gasteiger partial charge in [-0.15, -0.1) is 0 Å². The molecular weight excluding hydrogens is 388 g/mol. The van der Waals surface area contributed by atoms with E-state index in [1.165, 1.54) is 55.3 Å². The Labute approximate surface area is 186 Å². The zero-order valence-corrected chi connectivity index (χ0v) is 17.6. The molecule has 0 aliphatic heterocycles. The molecule has 0 atom stereocenters. The van der Waals surface area contributed by atoms with Crippen LogP contribution in [0.2, 0.25) is 0 Å². The molecule has 1 heteroatoms. The highest BCUT2D eigenvalue weighted by Gasteiger charge is 2.55. The topological polar surface area (TPSA) is 13.1 Å². The van der Waals surface area contributed by atoms with Crippen LogP contribution in [0.1, 0.15) is 35.1 Å². The van der Waals surface area contributed by atoms with Gasteiger partial charge in [0.2, 0.25) is 0 Å². The SMILES string of the molecule is C1=C2C(=CCC1)C1(c3ccccc3-c3ccccc31)c1c2ccc2c1oc1ccccc12. The molecule has 1 nitrogen and oxygen atoms in total. The fourth-order valence-corrected chi connectivity index (χ4v) is 6.60. The van der Waals surface area contributed by atoms with E-state index >= 15 is 0 Å². The number of hydrogen-bond donors (Lipinski definition) is 0. The molecular formula is C31H20O. The third kappa shape index (κ3) is 1.75. The predicted molar refractivity (Wildman–Crippen MR) is 131 cm³/mol. The van der Waals surface area contributed by atoms with Gasteiger partial charge < -0.3 is 4.42 Å².